The zero-order chi connectivity index (χ0) is 12.8. The topological polar surface area (TPSA) is 54.0 Å². The number of aromatic nitrogens is 3. The first kappa shape index (κ1) is 10.6. The largest absolute Gasteiger partial charge is 0.618 e. The highest BCUT2D eigenvalue weighted by Gasteiger charge is 2.20. The van der Waals surface area contributed by atoms with Crippen LogP contribution in [0.2, 0.25) is 0 Å². The van der Waals surface area contributed by atoms with Gasteiger partial charge in [-0.1, -0.05) is 12.1 Å². The first-order chi connectivity index (χ1) is 9.34. The van der Waals surface area contributed by atoms with Crippen molar-refractivity contribution in [3.63, 3.8) is 0 Å². The van der Waals surface area contributed by atoms with Gasteiger partial charge in [0.2, 0.25) is 11.7 Å². The standard InChI is InChI=1S/C14H13N3O2/c18-16-9-11-14(10-5-1-2-6-12(10)16)17-13(15-11)7-3-4-8-19-17/h1-2,5-6,9H,3-4,7-8H2. The van der Waals surface area contributed by atoms with E-state index in [4.69, 9.17) is 4.84 Å². The number of imidazole rings is 1. The third-order valence-electron chi connectivity index (χ3n) is 3.58. The average Bonchev–Trinajstić information content (AvgIpc) is 2.61. The number of nitrogens with zero attached hydrogens (tertiary/aromatic N) is 3. The third kappa shape index (κ3) is 1.47. The molecule has 3 heterocycles. The van der Waals surface area contributed by atoms with E-state index in [1.165, 1.54) is 6.20 Å². The van der Waals surface area contributed by atoms with Crippen LogP contribution in [-0.2, 0) is 6.42 Å². The summed E-state index contributed by atoms with van der Waals surface area (Å²) in [5, 5.41) is 12.9. The van der Waals surface area contributed by atoms with Crippen LogP contribution in [0.25, 0.3) is 21.9 Å². The predicted molar refractivity (Wildman–Crippen MR) is 70.6 cm³/mol. The van der Waals surface area contributed by atoms with E-state index in [0.29, 0.717) is 17.6 Å². The maximum Gasteiger partial charge on any atom is 0.226 e. The molecule has 1 aliphatic heterocycles. The van der Waals surface area contributed by atoms with Gasteiger partial charge in [-0.25, -0.2) is 4.98 Å². The molecule has 1 aliphatic rings. The van der Waals surface area contributed by atoms with Crippen LogP contribution in [0, 0.1) is 5.21 Å². The van der Waals surface area contributed by atoms with E-state index in [0.717, 1.165) is 40.7 Å². The van der Waals surface area contributed by atoms with Crippen molar-refractivity contribution >= 4 is 21.9 Å². The van der Waals surface area contributed by atoms with Crippen LogP contribution in [0.4, 0.5) is 0 Å². The fourth-order valence-corrected chi connectivity index (χ4v) is 2.69. The Morgan fingerprint density at radius 2 is 2.16 bits per heavy atom. The lowest BCUT2D eigenvalue weighted by Crippen LogP contribution is -2.26. The zero-order valence-electron chi connectivity index (χ0n) is 10.4. The van der Waals surface area contributed by atoms with E-state index < -0.39 is 0 Å². The fourth-order valence-electron chi connectivity index (χ4n) is 2.69. The summed E-state index contributed by atoms with van der Waals surface area (Å²) in [6, 6.07) is 7.55. The molecule has 0 fully saturated rings. The highest BCUT2D eigenvalue weighted by Crippen LogP contribution is 2.24. The number of hydrogen-bond donors (Lipinski definition) is 0. The summed E-state index contributed by atoms with van der Waals surface area (Å²) in [7, 11) is 0. The minimum absolute atomic E-state index is 0.644. The number of para-hydroxylation sites is 1. The third-order valence-corrected chi connectivity index (χ3v) is 3.58. The molecule has 0 saturated carbocycles. The molecule has 1 aromatic carbocycles. The van der Waals surface area contributed by atoms with Gasteiger partial charge in [-0.15, -0.1) is 0 Å². The maximum atomic E-state index is 12.0. The Kier molecular flexibility index (Phi) is 2.15. The summed E-state index contributed by atoms with van der Waals surface area (Å²) >= 11 is 0. The van der Waals surface area contributed by atoms with Gasteiger partial charge >= 0.3 is 0 Å². The highest BCUT2D eigenvalue weighted by molar-refractivity contribution is 6.00. The molecule has 0 amide bonds. The number of pyridine rings is 1. The molecule has 5 heteroatoms. The second kappa shape index (κ2) is 3.85. The predicted octanol–water partition coefficient (Wildman–Crippen LogP) is 1.59. The molecule has 0 bridgehead atoms. The van der Waals surface area contributed by atoms with Gasteiger partial charge in [0.05, 0.1) is 5.39 Å². The Morgan fingerprint density at radius 3 is 3.11 bits per heavy atom. The van der Waals surface area contributed by atoms with Gasteiger partial charge in [0, 0.05) is 12.5 Å². The van der Waals surface area contributed by atoms with E-state index >= 15 is 0 Å². The van der Waals surface area contributed by atoms with Crippen LogP contribution in [0.5, 0.6) is 0 Å². The van der Waals surface area contributed by atoms with E-state index in [-0.39, 0.29) is 0 Å². The molecule has 0 spiro atoms. The molecule has 2 aromatic heterocycles. The van der Waals surface area contributed by atoms with E-state index in [1.54, 1.807) is 0 Å². The normalized spacial score (nSPS) is 15.2. The van der Waals surface area contributed by atoms with Gasteiger partial charge in [-0.05, 0) is 18.9 Å². The molecule has 0 saturated heterocycles. The van der Waals surface area contributed by atoms with Crippen molar-refractivity contribution in [2.24, 2.45) is 0 Å². The number of aryl methyl sites for hydroxylation is 1. The first-order valence-corrected chi connectivity index (χ1v) is 6.50. The highest BCUT2D eigenvalue weighted by atomic mass is 16.7. The summed E-state index contributed by atoms with van der Waals surface area (Å²) in [6.07, 6.45) is 4.53. The molecule has 3 aromatic rings. The summed E-state index contributed by atoms with van der Waals surface area (Å²) in [5.74, 6) is 0.906. The minimum Gasteiger partial charge on any atom is -0.618 e. The smallest absolute Gasteiger partial charge is 0.226 e. The number of rotatable bonds is 0. The molecule has 4 rings (SSSR count). The minimum atomic E-state index is 0.644. The molecule has 0 atom stereocenters. The lowest BCUT2D eigenvalue weighted by Gasteiger charge is -2.08. The maximum absolute atomic E-state index is 12.0. The van der Waals surface area contributed by atoms with Gasteiger partial charge < -0.3 is 10.0 Å². The Balaban J connectivity index is 2.16. The second-order valence-corrected chi connectivity index (χ2v) is 4.82. The molecule has 0 radical (unpaired) electrons. The van der Waals surface area contributed by atoms with Crippen molar-refractivity contribution in [3.8, 4) is 0 Å². The quantitative estimate of drug-likeness (QED) is 0.453. The molecule has 0 aliphatic carbocycles. The van der Waals surface area contributed by atoms with Crippen molar-refractivity contribution in [3.05, 3.63) is 41.5 Å². The molecule has 5 nitrogen and oxygen atoms in total. The summed E-state index contributed by atoms with van der Waals surface area (Å²) in [6.45, 7) is 0.694. The van der Waals surface area contributed by atoms with Gasteiger partial charge in [-0.3, -0.25) is 0 Å². The van der Waals surface area contributed by atoms with Crippen LogP contribution in [0.3, 0.4) is 0 Å². The van der Waals surface area contributed by atoms with E-state index in [9.17, 15) is 5.21 Å². The Morgan fingerprint density at radius 1 is 1.26 bits per heavy atom. The summed E-state index contributed by atoms with van der Waals surface area (Å²) in [5.41, 5.74) is 2.25. The lowest BCUT2D eigenvalue weighted by molar-refractivity contribution is -0.575. The second-order valence-electron chi connectivity index (χ2n) is 4.82. The van der Waals surface area contributed by atoms with Crippen LogP contribution in [0.15, 0.2) is 30.5 Å². The Labute approximate surface area is 109 Å². The van der Waals surface area contributed by atoms with Crippen LogP contribution in [0.1, 0.15) is 18.7 Å². The van der Waals surface area contributed by atoms with Crippen LogP contribution < -0.4 is 9.57 Å². The van der Waals surface area contributed by atoms with Crippen molar-refractivity contribution in [2.75, 3.05) is 6.61 Å². The van der Waals surface area contributed by atoms with Gasteiger partial charge in [0.25, 0.3) is 0 Å². The SMILES string of the molecule is [O-][n+]1cc2nc3n(c2c2ccccc21)OCCCC3. The van der Waals surface area contributed by atoms with Crippen molar-refractivity contribution in [2.45, 2.75) is 19.3 Å². The molecule has 0 unspecified atom stereocenters. The van der Waals surface area contributed by atoms with Gasteiger partial charge in [-0.2, -0.15) is 9.46 Å². The fraction of sp³-hybridized carbons (Fsp3) is 0.286. The number of benzene rings is 1. The lowest BCUT2D eigenvalue weighted by atomic mass is 10.2. The van der Waals surface area contributed by atoms with Crippen molar-refractivity contribution in [1.82, 2.24) is 9.71 Å². The molecule has 96 valence electrons. The Bertz CT molecular complexity index is 779. The zero-order valence-corrected chi connectivity index (χ0v) is 10.4. The summed E-state index contributed by atoms with van der Waals surface area (Å²) < 4.78 is 2.69. The van der Waals surface area contributed by atoms with Gasteiger partial charge in [0.1, 0.15) is 17.9 Å². The van der Waals surface area contributed by atoms with Crippen molar-refractivity contribution in [1.29, 1.82) is 0 Å². The first-order valence-electron chi connectivity index (χ1n) is 6.50. The molecular weight excluding hydrogens is 242 g/mol. The number of hydrogen-bond acceptors (Lipinski definition) is 3. The molecule has 19 heavy (non-hydrogen) atoms. The summed E-state index contributed by atoms with van der Waals surface area (Å²) in [4.78, 5) is 10.3. The van der Waals surface area contributed by atoms with Crippen molar-refractivity contribution < 1.29 is 9.57 Å². The average molecular weight is 255 g/mol. The molecular formula is C14H13N3O2. The van der Waals surface area contributed by atoms with Crippen LogP contribution in [-0.4, -0.2) is 16.3 Å². The van der Waals surface area contributed by atoms with E-state index in [1.807, 2.05) is 29.0 Å². The monoisotopic (exact) mass is 255 g/mol. The van der Waals surface area contributed by atoms with Crippen LogP contribution >= 0.6 is 0 Å². The molecule has 0 N–H and O–H groups in total. The van der Waals surface area contributed by atoms with E-state index in [2.05, 4.69) is 4.98 Å². The Hall–Kier alpha value is -2.30. The van der Waals surface area contributed by atoms with Gasteiger partial charge in [0.15, 0.2) is 5.52 Å². The number of fused-ring (bicyclic) bond motifs is 5.